The van der Waals surface area contributed by atoms with E-state index in [4.69, 9.17) is 4.74 Å². The summed E-state index contributed by atoms with van der Waals surface area (Å²) in [4.78, 5) is 24.0. The van der Waals surface area contributed by atoms with Gasteiger partial charge in [-0.15, -0.1) is 0 Å². The summed E-state index contributed by atoms with van der Waals surface area (Å²) in [6.45, 7) is 2.40. The van der Waals surface area contributed by atoms with Crippen LogP contribution in [0.3, 0.4) is 0 Å². The van der Waals surface area contributed by atoms with Crippen molar-refractivity contribution in [1.29, 1.82) is 0 Å². The van der Waals surface area contributed by atoms with Crippen LogP contribution >= 0.6 is 0 Å². The Bertz CT molecular complexity index is 772. The highest BCUT2D eigenvalue weighted by atomic mass is 16.6. The van der Waals surface area contributed by atoms with Gasteiger partial charge in [0.15, 0.2) is 5.78 Å². The highest BCUT2D eigenvalue weighted by molar-refractivity contribution is 5.91. The van der Waals surface area contributed by atoms with Gasteiger partial charge in [0.2, 0.25) is 0 Å². The van der Waals surface area contributed by atoms with Crippen LogP contribution in [-0.2, 0) is 14.3 Å². The maximum absolute atomic E-state index is 12.1. The molecular formula is C24H32O3. The Hall–Kier alpha value is -1.38. The Kier molecular flexibility index (Phi) is 3.51. The first kappa shape index (κ1) is 17.7. The molecule has 2 spiro atoms. The SMILES string of the molecule is C.C[C@]12CC[C@H]3[C@@H](CC4(CC4)C4=CC(=O)CC[C@@H]43)[C@@H]1CC[C@@]21C=CC(=O)O1. The molecule has 3 nitrogen and oxygen atoms in total. The number of carbonyl (C=O) groups is 2. The van der Waals surface area contributed by atoms with Crippen molar-refractivity contribution in [2.75, 3.05) is 0 Å². The Morgan fingerprint density at radius 1 is 1.04 bits per heavy atom. The number of rotatable bonds is 0. The summed E-state index contributed by atoms with van der Waals surface area (Å²) in [5.74, 6) is 3.02. The fourth-order valence-corrected chi connectivity index (χ4v) is 8.04. The van der Waals surface area contributed by atoms with Gasteiger partial charge in [0.05, 0.1) is 0 Å². The molecule has 0 aromatic heterocycles. The van der Waals surface area contributed by atoms with Crippen LogP contribution in [0.4, 0.5) is 0 Å². The van der Waals surface area contributed by atoms with E-state index >= 15 is 0 Å². The third-order valence-electron chi connectivity index (χ3n) is 9.47. The van der Waals surface area contributed by atoms with Crippen molar-refractivity contribution in [2.45, 2.75) is 77.7 Å². The van der Waals surface area contributed by atoms with Crippen molar-refractivity contribution in [1.82, 2.24) is 0 Å². The zero-order valence-electron chi connectivity index (χ0n) is 15.6. The van der Waals surface area contributed by atoms with Crippen LogP contribution in [0.1, 0.15) is 72.1 Å². The van der Waals surface area contributed by atoms with Gasteiger partial charge in [-0.1, -0.05) is 19.9 Å². The molecule has 5 aliphatic carbocycles. The molecule has 4 fully saturated rings. The van der Waals surface area contributed by atoms with Crippen LogP contribution < -0.4 is 0 Å². The minimum absolute atomic E-state index is 0. The molecule has 6 aliphatic rings. The van der Waals surface area contributed by atoms with Crippen LogP contribution in [-0.4, -0.2) is 17.4 Å². The lowest BCUT2D eigenvalue weighted by atomic mass is 9.48. The summed E-state index contributed by atoms with van der Waals surface area (Å²) in [7, 11) is 0. The predicted molar refractivity (Wildman–Crippen MR) is 104 cm³/mol. The first-order valence-corrected chi connectivity index (χ1v) is 10.6. The maximum Gasteiger partial charge on any atom is 0.331 e. The fourth-order valence-electron chi connectivity index (χ4n) is 8.04. The van der Waals surface area contributed by atoms with E-state index in [2.05, 4.69) is 19.1 Å². The highest BCUT2D eigenvalue weighted by Gasteiger charge is 2.67. The Balaban J connectivity index is 0.00000160. The van der Waals surface area contributed by atoms with Gasteiger partial charge in [0, 0.05) is 17.9 Å². The standard InChI is InChI=1S/C23H28O3.CH4/c1-21-7-4-15-16-3-2-14(24)12-19(16)22(10-11-22)13-17(15)18(21)5-8-23(21)9-6-20(25)26-23;/h6,9,12,15-18H,2-5,7-8,10-11,13H2,1H3;1H4/t15-,16-,17-,18+,21+,23-;/m1./s1. The van der Waals surface area contributed by atoms with Gasteiger partial charge in [0.25, 0.3) is 0 Å². The number of hydrogen-bond donors (Lipinski definition) is 0. The van der Waals surface area contributed by atoms with Crippen molar-refractivity contribution < 1.29 is 14.3 Å². The van der Waals surface area contributed by atoms with Crippen LogP contribution in [0.2, 0.25) is 0 Å². The summed E-state index contributed by atoms with van der Waals surface area (Å²) in [5.41, 5.74) is 1.66. The Labute approximate surface area is 162 Å². The lowest BCUT2D eigenvalue weighted by Gasteiger charge is -2.57. The lowest BCUT2D eigenvalue weighted by Crippen LogP contribution is -2.53. The number of ether oxygens (including phenoxy) is 1. The third-order valence-corrected chi connectivity index (χ3v) is 9.47. The molecule has 1 aliphatic heterocycles. The number of fused-ring (bicyclic) bond motifs is 7. The monoisotopic (exact) mass is 368 g/mol. The molecule has 27 heavy (non-hydrogen) atoms. The minimum atomic E-state index is -0.338. The van der Waals surface area contributed by atoms with E-state index in [1.54, 1.807) is 11.6 Å². The molecule has 146 valence electrons. The molecule has 0 radical (unpaired) electrons. The van der Waals surface area contributed by atoms with Crippen molar-refractivity contribution in [2.24, 2.45) is 34.5 Å². The molecule has 4 saturated carbocycles. The van der Waals surface area contributed by atoms with Crippen molar-refractivity contribution in [3.8, 4) is 0 Å². The van der Waals surface area contributed by atoms with Gasteiger partial charge in [-0.05, 0) is 92.6 Å². The highest BCUT2D eigenvalue weighted by Crippen LogP contribution is 2.72. The molecule has 0 N–H and O–H groups in total. The zero-order valence-corrected chi connectivity index (χ0v) is 15.6. The summed E-state index contributed by atoms with van der Waals surface area (Å²) < 4.78 is 5.94. The lowest BCUT2D eigenvalue weighted by molar-refractivity contribution is -0.161. The predicted octanol–water partition coefficient (Wildman–Crippen LogP) is 5.01. The second-order valence-electron chi connectivity index (χ2n) is 10.3. The number of ketones is 1. The summed E-state index contributed by atoms with van der Waals surface area (Å²) in [6.07, 6.45) is 16.1. The average molecular weight is 369 g/mol. The molecule has 0 aromatic carbocycles. The summed E-state index contributed by atoms with van der Waals surface area (Å²) in [5, 5.41) is 0. The van der Waals surface area contributed by atoms with Gasteiger partial charge in [-0.25, -0.2) is 4.79 Å². The molecule has 0 bridgehead atoms. The van der Waals surface area contributed by atoms with E-state index in [1.807, 2.05) is 0 Å². The summed E-state index contributed by atoms with van der Waals surface area (Å²) in [6, 6.07) is 0. The first-order chi connectivity index (χ1) is 12.5. The van der Waals surface area contributed by atoms with Crippen molar-refractivity contribution >= 4 is 11.8 Å². The number of carbonyl (C=O) groups excluding carboxylic acids is 2. The topological polar surface area (TPSA) is 43.4 Å². The van der Waals surface area contributed by atoms with Gasteiger partial charge in [-0.3, -0.25) is 4.79 Å². The average Bonchev–Trinajstić information content (AvgIpc) is 3.19. The molecular weight excluding hydrogens is 336 g/mol. The van der Waals surface area contributed by atoms with Crippen LogP contribution in [0.25, 0.3) is 0 Å². The zero-order chi connectivity index (χ0) is 17.7. The molecule has 1 heterocycles. The molecule has 0 amide bonds. The molecule has 0 unspecified atom stereocenters. The second-order valence-corrected chi connectivity index (χ2v) is 10.3. The van der Waals surface area contributed by atoms with E-state index in [9.17, 15) is 9.59 Å². The normalized spacial score (nSPS) is 48.4. The van der Waals surface area contributed by atoms with Crippen LogP contribution in [0.5, 0.6) is 0 Å². The largest absolute Gasteiger partial charge is 0.451 e. The van der Waals surface area contributed by atoms with Gasteiger partial charge >= 0.3 is 5.97 Å². The Morgan fingerprint density at radius 2 is 1.85 bits per heavy atom. The number of esters is 1. The van der Waals surface area contributed by atoms with E-state index < -0.39 is 0 Å². The maximum atomic E-state index is 12.1. The Morgan fingerprint density at radius 3 is 2.56 bits per heavy atom. The summed E-state index contributed by atoms with van der Waals surface area (Å²) >= 11 is 0. The van der Waals surface area contributed by atoms with E-state index in [-0.39, 0.29) is 24.4 Å². The molecule has 0 saturated heterocycles. The van der Waals surface area contributed by atoms with Crippen molar-refractivity contribution in [3.63, 3.8) is 0 Å². The van der Waals surface area contributed by atoms with E-state index in [0.717, 1.165) is 37.5 Å². The van der Waals surface area contributed by atoms with Crippen LogP contribution in [0, 0.1) is 34.5 Å². The number of allylic oxidation sites excluding steroid dienone is 1. The van der Waals surface area contributed by atoms with Gasteiger partial charge < -0.3 is 4.74 Å². The van der Waals surface area contributed by atoms with Gasteiger partial charge in [-0.2, -0.15) is 0 Å². The second kappa shape index (κ2) is 5.36. The molecule has 3 heteroatoms. The smallest absolute Gasteiger partial charge is 0.331 e. The fraction of sp³-hybridized carbons (Fsp3) is 0.750. The number of hydrogen-bond acceptors (Lipinski definition) is 3. The molecule has 6 rings (SSSR count). The molecule has 0 aromatic rings. The molecule has 6 atom stereocenters. The van der Waals surface area contributed by atoms with E-state index in [0.29, 0.717) is 23.0 Å². The minimum Gasteiger partial charge on any atom is -0.451 e. The van der Waals surface area contributed by atoms with Crippen molar-refractivity contribution in [3.05, 3.63) is 23.8 Å². The van der Waals surface area contributed by atoms with E-state index in [1.165, 1.54) is 32.1 Å². The van der Waals surface area contributed by atoms with Crippen LogP contribution in [0.15, 0.2) is 23.8 Å². The quantitative estimate of drug-likeness (QED) is 0.565. The van der Waals surface area contributed by atoms with Gasteiger partial charge in [0.1, 0.15) is 5.60 Å². The first-order valence-electron chi connectivity index (χ1n) is 10.6. The third kappa shape index (κ3) is 2.09.